The van der Waals surface area contributed by atoms with Gasteiger partial charge in [-0.1, -0.05) is 12.8 Å². The summed E-state index contributed by atoms with van der Waals surface area (Å²) in [4.78, 5) is 5.90. The van der Waals surface area contributed by atoms with Gasteiger partial charge in [0.2, 0.25) is 0 Å². The molecule has 20 heavy (non-hydrogen) atoms. The molecule has 2 unspecified atom stereocenters. The van der Waals surface area contributed by atoms with E-state index in [1.165, 1.54) is 35.6 Å². The van der Waals surface area contributed by atoms with Crippen LogP contribution in [0.2, 0.25) is 0 Å². The van der Waals surface area contributed by atoms with Crippen LogP contribution < -0.4 is 10.6 Å². The average molecular weight is 318 g/mol. The van der Waals surface area contributed by atoms with E-state index in [0.717, 1.165) is 32.1 Å². The number of aliphatic hydroxyl groups is 1. The molecule has 0 radical (unpaired) electrons. The minimum atomic E-state index is -0.192. The van der Waals surface area contributed by atoms with Crippen molar-refractivity contribution >= 4 is 23.7 Å². The molecular formula is C14H24ClN3OS. The number of thiazole rings is 1. The molecule has 2 atom stereocenters. The molecule has 1 saturated heterocycles. The molecule has 2 heterocycles. The van der Waals surface area contributed by atoms with Gasteiger partial charge in [0.1, 0.15) is 0 Å². The van der Waals surface area contributed by atoms with Gasteiger partial charge in [0.25, 0.3) is 0 Å². The highest BCUT2D eigenvalue weighted by atomic mass is 35.5. The van der Waals surface area contributed by atoms with E-state index in [1.54, 1.807) is 0 Å². The molecule has 0 bridgehead atoms. The predicted octanol–water partition coefficient (Wildman–Crippen LogP) is 1.89. The predicted molar refractivity (Wildman–Crippen MR) is 84.6 cm³/mol. The highest BCUT2D eigenvalue weighted by Gasteiger charge is 2.24. The summed E-state index contributed by atoms with van der Waals surface area (Å²) < 4.78 is 0. The van der Waals surface area contributed by atoms with E-state index in [0.29, 0.717) is 5.92 Å². The van der Waals surface area contributed by atoms with Crippen LogP contribution in [-0.4, -0.2) is 35.8 Å². The number of aliphatic hydroxyl groups excluding tert-OH is 1. The third-order valence-electron chi connectivity index (χ3n) is 4.29. The molecule has 6 heteroatoms. The third-order valence-corrected chi connectivity index (χ3v) is 5.45. The average Bonchev–Trinajstić information content (AvgIpc) is 3.11. The second kappa shape index (κ2) is 7.71. The maximum Gasteiger partial charge on any atom is 0.0959 e. The first-order valence-corrected chi connectivity index (χ1v) is 8.18. The fourth-order valence-corrected chi connectivity index (χ4v) is 4.13. The molecular weight excluding hydrogens is 294 g/mol. The summed E-state index contributed by atoms with van der Waals surface area (Å²) in [7, 11) is 0. The van der Waals surface area contributed by atoms with Crippen LogP contribution in [-0.2, 0) is 6.54 Å². The number of hydrogen-bond acceptors (Lipinski definition) is 5. The van der Waals surface area contributed by atoms with Crippen LogP contribution in [0.5, 0.6) is 0 Å². The second-order valence-electron chi connectivity index (χ2n) is 5.76. The molecule has 4 nitrogen and oxygen atoms in total. The van der Waals surface area contributed by atoms with Crippen molar-refractivity contribution in [1.82, 2.24) is 15.6 Å². The minimum absolute atomic E-state index is 0. The summed E-state index contributed by atoms with van der Waals surface area (Å²) in [5, 5.41) is 17.7. The minimum Gasteiger partial charge on any atom is -0.391 e. The summed E-state index contributed by atoms with van der Waals surface area (Å²) in [6.45, 7) is 3.42. The van der Waals surface area contributed by atoms with Gasteiger partial charge in [-0.2, -0.15) is 0 Å². The van der Waals surface area contributed by atoms with E-state index in [4.69, 9.17) is 0 Å². The molecule has 114 valence electrons. The molecule has 0 amide bonds. The zero-order valence-electron chi connectivity index (χ0n) is 11.7. The molecule has 3 N–H and O–H groups in total. The van der Waals surface area contributed by atoms with Crippen LogP contribution in [0.15, 0.2) is 6.20 Å². The Balaban J connectivity index is 0.00000147. The number of nitrogens with one attached hydrogen (secondary N) is 2. The molecule has 1 saturated carbocycles. The molecule has 2 aliphatic rings. The van der Waals surface area contributed by atoms with Gasteiger partial charge in [0.05, 0.1) is 11.1 Å². The van der Waals surface area contributed by atoms with Crippen molar-refractivity contribution in [1.29, 1.82) is 0 Å². The molecule has 0 spiro atoms. The summed E-state index contributed by atoms with van der Waals surface area (Å²) >= 11 is 1.86. The van der Waals surface area contributed by atoms with E-state index in [1.807, 2.05) is 17.5 Å². The first kappa shape index (κ1) is 16.2. The quantitative estimate of drug-likeness (QED) is 0.776. The number of aromatic nitrogens is 1. The third kappa shape index (κ3) is 3.92. The van der Waals surface area contributed by atoms with Gasteiger partial charge in [-0.15, -0.1) is 23.7 Å². The zero-order chi connectivity index (χ0) is 13.1. The second-order valence-corrected chi connectivity index (χ2v) is 6.91. The number of β-amino-alcohol motifs (C(OH)–C–C–N with tert-alkyl or cyclic N) is 1. The Labute approximate surface area is 130 Å². The van der Waals surface area contributed by atoms with Gasteiger partial charge in [-0.3, -0.25) is 0 Å². The topological polar surface area (TPSA) is 57.2 Å². The van der Waals surface area contributed by atoms with E-state index in [9.17, 15) is 5.11 Å². The van der Waals surface area contributed by atoms with Crippen LogP contribution in [0.25, 0.3) is 0 Å². The van der Waals surface area contributed by atoms with E-state index >= 15 is 0 Å². The first-order chi connectivity index (χ1) is 9.33. The molecule has 2 fully saturated rings. The van der Waals surface area contributed by atoms with Gasteiger partial charge >= 0.3 is 0 Å². The maximum atomic E-state index is 9.72. The highest BCUT2D eigenvalue weighted by molar-refractivity contribution is 7.11. The lowest BCUT2D eigenvalue weighted by Crippen LogP contribution is -2.29. The van der Waals surface area contributed by atoms with Gasteiger partial charge in [-0.25, -0.2) is 4.98 Å². The molecule has 1 aliphatic carbocycles. The Hall–Kier alpha value is -0.200. The zero-order valence-corrected chi connectivity index (χ0v) is 13.3. The van der Waals surface area contributed by atoms with Crippen molar-refractivity contribution in [2.75, 3.05) is 19.6 Å². The van der Waals surface area contributed by atoms with Gasteiger partial charge < -0.3 is 15.7 Å². The lowest BCUT2D eigenvalue weighted by molar-refractivity contribution is 0.146. The number of hydrogen-bond donors (Lipinski definition) is 3. The Morgan fingerprint density at radius 2 is 2.15 bits per heavy atom. The molecule has 1 aromatic rings. The van der Waals surface area contributed by atoms with E-state index in [-0.39, 0.29) is 18.5 Å². The molecule has 1 aliphatic heterocycles. The fraction of sp³-hybridized carbons (Fsp3) is 0.786. The normalized spacial score (nSPS) is 26.9. The smallest absolute Gasteiger partial charge is 0.0959 e. The van der Waals surface area contributed by atoms with Gasteiger partial charge in [-0.05, 0) is 12.8 Å². The van der Waals surface area contributed by atoms with Crippen molar-refractivity contribution in [3.05, 3.63) is 16.1 Å². The number of halogens is 1. The fourth-order valence-electron chi connectivity index (χ4n) is 3.07. The van der Waals surface area contributed by atoms with Crippen LogP contribution in [0, 0.1) is 5.92 Å². The van der Waals surface area contributed by atoms with Crippen molar-refractivity contribution < 1.29 is 5.11 Å². The molecule has 3 rings (SSSR count). The standard InChI is InChI=1S/C14H23N3OS.ClH/c18-13-9-16-6-11(13)5-15-7-12-8-17-14(19-12)10-3-1-2-4-10;/h8,10-11,13,15-16,18H,1-7,9H2;1H. The van der Waals surface area contributed by atoms with Crippen molar-refractivity contribution in [3.8, 4) is 0 Å². The monoisotopic (exact) mass is 317 g/mol. The molecule has 1 aromatic heterocycles. The lowest BCUT2D eigenvalue weighted by atomic mass is 10.1. The van der Waals surface area contributed by atoms with Crippen LogP contribution >= 0.6 is 23.7 Å². The first-order valence-electron chi connectivity index (χ1n) is 7.37. The Bertz CT molecular complexity index is 409. The Morgan fingerprint density at radius 1 is 1.35 bits per heavy atom. The van der Waals surface area contributed by atoms with Crippen LogP contribution in [0.1, 0.15) is 41.5 Å². The highest BCUT2D eigenvalue weighted by Crippen LogP contribution is 2.35. The lowest BCUT2D eigenvalue weighted by Gasteiger charge is -2.13. The Kier molecular flexibility index (Phi) is 6.23. The summed E-state index contributed by atoms with van der Waals surface area (Å²) in [6, 6.07) is 0. The maximum absolute atomic E-state index is 9.72. The number of nitrogens with zero attached hydrogens (tertiary/aromatic N) is 1. The van der Waals surface area contributed by atoms with E-state index in [2.05, 4.69) is 15.6 Å². The van der Waals surface area contributed by atoms with Crippen molar-refractivity contribution in [2.45, 2.75) is 44.2 Å². The summed E-state index contributed by atoms with van der Waals surface area (Å²) in [5.74, 6) is 1.07. The van der Waals surface area contributed by atoms with Crippen molar-refractivity contribution in [3.63, 3.8) is 0 Å². The van der Waals surface area contributed by atoms with E-state index < -0.39 is 0 Å². The number of rotatable bonds is 5. The van der Waals surface area contributed by atoms with Gasteiger partial charge in [0, 0.05) is 49.1 Å². The summed E-state index contributed by atoms with van der Waals surface area (Å²) in [5.41, 5.74) is 0. The van der Waals surface area contributed by atoms with Crippen molar-refractivity contribution in [2.24, 2.45) is 5.92 Å². The Morgan fingerprint density at radius 3 is 2.85 bits per heavy atom. The largest absolute Gasteiger partial charge is 0.391 e. The van der Waals surface area contributed by atoms with Crippen LogP contribution in [0.4, 0.5) is 0 Å². The summed E-state index contributed by atoms with van der Waals surface area (Å²) in [6.07, 6.45) is 7.20. The van der Waals surface area contributed by atoms with Gasteiger partial charge in [0.15, 0.2) is 0 Å². The van der Waals surface area contributed by atoms with Crippen LogP contribution in [0.3, 0.4) is 0 Å². The SMILES string of the molecule is Cl.OC1CNCC1CNCc1cnc(C2CCCC2)s1. The molecule has 0 aromatic carbocycles.